The summed E-state index contributed by atoms with van der Waals surface area (Å²) in [5.74, 6) is 0.230. The molecule has 1 N–H and O–H groups in total. The van der Waals surface area contributed by atoms with Gasteiger partial charge in [0.1, 0.15) is 5.75 Å². The van der Waals surface area contributed by atoms with Gasteiger partial charge in [-0.15, -0.1) is 0 Å². The molecular weight excluding hydrogens is 320 g/mol. The Bertz CT molecular complexity index is 762. The molecule has 0 radical (unpaired) electrons. The summed E-state index contributed by atoms with van der Waals surface area (Å²) in [4.78, 5) is 14.5. The van der Waals surface area contributed by atoms with Crippen molar-refractivity contribution in [3.63, 3.8) is 0 Å². The molecule has 23 heavy (non-hydrogen) atoms. The molecule has 2 aromatic rings. The number of phenolic OH excluding ortho intramolecular Hbond substituents is 1. The van der Waals surface area contributed by atoms with E-state index in [-0.39, 0.29) is 16.6 Å². The van der Waals surface area contributed by atoms with Crippen molar-refractivity contribution in [1.29, 1.82) is 0 Å². The van der Waals surface area contributed by atoms with Crippen LogP contribution in [0.2, 0.25) is 5.02 Å². The summed E-state index contributed by atoms with van der Waals surface area (Å²) >= 11 is 5.85. The van der Waals surface area contributed by atoms with Crippen LogP contribution in [0.15, 0.2) is 41.4 Å². The Kier molecular flexibility index (Phi) is 5.18. The van der Waals surface area contributed by atoms with Crippen LogP contribution in [-0.4, -0.2) is 23.4 Å². The molecule has 0 aliphatic heterocycles. The predicted octanol–water partition coefficient (Wildman–Crippen LogP) is 4.14. The molecule has 1 atom stereocenters. The van der Waals surface area contributed by atoms with Crippen molar-refractivity contribution in [2.45, 2.75) is 13.0 Å². The largest absolute Gasteiger partial charge is 0.502 e. The number of ether oxygens (including phenoxy) is 1. The van der Waals surface area contributed by atoms with E-state index in [0.29, 0.717) is 5.75 Å². The fourth-order valence-electron chi connectivity index (χ4n) is 2.13. The molecule has 0 spiro atoms. The van der Waals surface area contributed by atoms with Gasteiger partial charge in [-0.25, -0.2) is 0 Å². The summed E-state index contributed by atoms with van der Waals surface area (Å²) in [5, 5.41) is 21.0. The van der Waals surface area contributed by atoms with Crippen molar-refractivity contribution in [3.05, 3.63) is 62.7 Å². The number of rotatable bonds is 5. The second-order valence-electron chi connectivity index (χ2n) is 4.82. The van der Waals surface area contributed by atoms with Crippen molar-refractivity contribution < 1.29 is 14.8 Å². The molecule has 0 saturated carbocycles. The smallest absolute Gasteiger partial charge is 0.312 e. The van der Waals surface area contributed by atoms with Crippen molar-refractivity contribution >= 4 is 23.5 Å². The molecule has 120 valence electrons. The molecule has 0 aliphatic carbocycles. The molecule has 7 heteroatoms. The first kappa shape index (κ1) is 16.8. The Morgan fingerprint density at radius 3 is 2.74 bits per heavy atom. The second kappa shape index (κ2) is 7.11. The minimum absolute atomic E-state index is 0.154. The number of methoxy groups -OCH3 is 1. The van der Waals surface area contributed by atoms with Gasteiger partial charge >= 0.3 is 5.69 Å². The van der Waals surface area contributed by atoms with Crippen molar-refractivity contribution in [2.24, 2.45) is 4.99 Å². The van der Waals surface area contributed by atoms with Crippen LogP contribution < -0.4 is 4.74 Å². The maximum absolute atomic E-state index is 10.9. The zero-order chi connectivity index (χ0) is 17.0. The molecule has 0 fully saturated rings. The molecule has 0 aromatic heterocycles. The van der Waals surface area contributed by atoms with Crippen molar-refractivity contribution in [2.75, 3.05) is 7.11 Å². The lowest BCUT2D eigenvalue weighted by Crippen LogP contribution is -1.97. The maximum Gasteiger partial charge on any atom is 0.312 e. The van der Waals surface area contributed by atoms with Crippen LogP contribution in [0, 0.1) is 10.1 Å². The fraction of sp³-hybridized carbons (Fsp3) is 0.188. The van der Waals surface area contributed by atoms with Gasteiger partial charge in [-0.2, -0.15) is 0 Å². The Labute approximate surface area is 138 Å². The van der Waals surface area contributed by atoms with E-state index in [9.17, 15) is 15.2 Å². The molecule has 0 amide bonds. The number of phenols is 1. The standard InChI is InChI=1S/C16H15ClN2O4/c1-10(13-5-3-4-6-15(13)23-2)18-9-11-7-12(17)8-14(16(11)20)19(21)22/h3-10,20H,1-2H3/t10-/m0/s1. The monoisotopic (exact) mass is 334 g/mol. The highest BCUT2D eigenvalue weighted by molar-refractivity contribution is 6.31. The lowest BCUT2D eigenvalue weighted by molar-refractivity contribution is -0.385. The number of nitro benzene ring substituents is 1. The third-order valence-corrected chi connectivity index (χ3v) is 3.53. The first-order valence-corrected chi connectivity index (χ1v) is 7.14. The molecule has 2 rings (SSSR count). The summed E-state index contributed by atoms with van der Waals surface area (Å²) in [6, 6.07) is 9.67. The van der Waals surface area contributed by atoms with Crippen LogP contribution in [0.3, 0.4) is 0 Å². The van der Waals surface area contributed by atoms with E-state index in [4.69, 9.17) is 16.3 Å². The van der Waals surface area contributed by atoms with Crippen LogP contribution in [0.4, 0.5) is 5.69 Å². The van der Waals surface area contributed by atoms with E-state index in [2.05, 4.69) is 4.99 Å². The fourth-order valence-corrected chi connectivity index (χ4v) is 2.35. The van der Waals surface area contributed by atoms with Gasteiger partial charge in [-0.1, -0.05) is 29.8 Å². The van der Waals surface area contributed by atoms with Crippen molar-refractivity contribution in [1.82, 2.24) is 0 Å². The zero-order valence-corrected chi connectivity index (χ0v) is 13.3. The van der Waals surface area contributed by atoms with E-state index in [1.807, 2.05) is 31.2 Å². The van der Waals surface area contributed by atoms with Crippen molar-refractivity contribution in [3.8, 4) is 11.5 Å². The number of para-hydroxylation sites is 1. The van der Waals surface area contributed by atoms with E-state index >= 15 is 0 Å². The average Bonchev–Trinajstić information content (AvgIpc) is 2.54. The number of hydrogen-bond donors (Lipinski definition) is 1. The van der Waals surface area contributed by atoms with Gasteiger partial charge in [-0.3, -0.25) is 15.1 Å². The third-order valence-electron chi connectivity index (χ3n) is 3.31. The highest BCUT2D eigenvalue weighted by atomic mass is 35.5. The number of aromatic hydroxyl groups is 1. The number of nitrogens with zero attached hydrogens (tertiary/aromatic N) is 2. The minimum atomic E-state index is -0.692. The van der Waals surface area contributed by atoms with Gasteiger partial charge < -0.3 is 9.84 Å². The quantitative estimate of drug-likeness (QED) is 0.506. The van der Waals surface area contributed by atoms with E-state index in [0.717, 1.165) is 11.6 Å². The first-order valence-electron chi connectivity index (χ1n) is 6.77. The molecule has 0 heterocycles. The Hall–Kier alpha value is -2.60. The zero-order valence-electron chi connectivity index (χ0n) is 12.6. The normalized spacial score (nSPS) is 12.3. The minimum Gasteiger partial charge on any atom is -0.502 e. The summed E-state index contributed by atoms with van der Waals surface area (Å²) < 4.78 is 5.28. The highest BCUT2D eigenvalue weighted by Crippen LogP contribution is 2.33. The Morgan fingerprint density at radius 2 is 2.09 bits per heavy atom. The van der Waals surface area contributed by atoms with Gasteiger partial charge in [0.05, 0.1) is 18.1 Å². The van der Waals surface area contributed by atoms with Crippen LogP contribution in [0.25, 0.3) is 0 Å². The number of nitro groups is 1. The summed E-state index contributed by atoms with van der Waals surface area (Å²) in [6.45, 7) is 1.85. The van der Waals surface area contributed by atoms with Gasteiger partial charge in [0.25, 0.3) is 0 Å². The van der Waals surface area contributed by atoms with Gasteiger partial charge in [-0.05, 0) is 19.1 Å². The first-order chi connectivity index (χ1) is 10.9. The van der Waals surface area contributed by atoms with Crippen LogP contribution in [0.5, 0.6) is 11.5 Å². The van der Waals surface area contributed by atoms with Crippen LogP contribution in [0.1, 0.15) is 24.1 Å². The lowest BCUT2D eigenvalue weighted by Gasteiger charge is -2.11. The van der Waals surface area contributed by atoms with E-state index < -0.39 is 16.4 Å². The van der Waals surface area contributed by atoms with Crippen LogP contribution in [-0.2, 0) is 0 Å². The predicted molar refractivity (Wildman–Crippen MR) is 88.8 cm³/mol. The van der Waals surface area contributed by atoms with Gasteiger partial charge in [0, 0.05) is 28.4 Å². The molecule has 0 bridgehead atoms. The summed E-state index contributed by atoms with van der Waals surface area (Å²) in [7, 11) is 1.57. The van der Waals surface area contributed by atoms with Gasteiger partial charge in [0.15, 0.2) is 0 Å². The topological polar surface area (TPSA) is 85.0 Å². The molecular formula is C16H15ClN2O4. The maximum atomic E-state index is 10.9. The SMILES string of the molecule is COc1ccccc1[C@H](C)N=Cc1cc(Cl)cc([N+](=O)[O-])c1O. The summed E-state index contributed by atoms with van der Waals surface area (Å²) in [5.41, 5.74) is 0.595. The molecule has 0 unspecified atom stereocenters. The molecule has 6 nitrogen and oxygen atoms in total. The molecule has 2 aromatic carbocycles. The van der Waals surface area contributed by atoms with Crippen LogP contribution >= 0.6 is 11.6 Å². The highest BCUT2D eigenvalue weighted by Gasteiger charge is 2.18. The summed E-state index contributed by atoms with van der Waals surface area (Å²) in [6.07, 6.45) is 1.37. The number of benzene rings is 2. The Morgan fingerprint density at radius 1 is 1.39 bits per heavy atom. The molecule has 0 saturated heterocycles. The Balaban J connectivity index is 2.35. The van der Waals surface area contributed by atoms with E-state index in [1.165, 1.54) is 12.3 Å². The number of hydrogen-bond acceptors (Lipinski definition) is 5. The second-order valence-corrected chi connectivity index (χ2v) is 5.25. The average molecular weight is 335 g/mol. The molecule has 0 aliphatic rings. The number of halogens is 1. The third kappa shape index (κ3) is 3.78. The number of aliphatic imine (C=N–C) groups is 1. The lowest BCUT2D eigenvalue weighted by atomic mass is 10.1. The van der Waals surface area contributed by atoms with Gasteiger partial charge in [0.2, 0.25) is 5.75 Å². The van der Waals surface area contributed by atoms with E-state index in [1.54, 1.807) is 7.11 Å².